The van der Waals surface area contributed by atoms with Crippen molar-refractivity contribution in [2.75, 3.05) is 13.6 Å². The van der Waals surface area contributed by atoms with Crippen LogP contribution in [0.25, 0.3) is 0 Å². The van der Waals surface area contributed by atoms with Crippen molar-refractivity contribution in [2.24, 2.45) is 0 Å². The van der Waals surface area contributed by atoms with E-state index in [9.17, 15) is 14.4 Å². The number of imide groups is 1. The molecule has 0 aromatic heterocycles. The lowest BCUT2D eigenvalue weighted by Crippen LogP contribution is -2.32. The maximum atomic E-state index is 12.3. The summed E-state index contributed by atoms with van der Waals surface area (Å²) in [4.78, 5) is 39.8. The van der Waals surface area contributed by atoms with Crippen LogP contribution in [0.15, 0.2) is 48.5 Å². The first-order valence-corrected chi connectivity index (χ1v) is 8.72. The molecule has 3 rings (SSSR count). The standard InChI is InChI=1S/C21H22N2O3/c1-15-9-11-16(12-10-15)14-22(2)19(24)8-5-13-23-20(25)17-6-3-4-7-18(17)21(23)26/h3-4,6-7,9-12H,5,8,13-14H2,1-2H3. The van der Waals surface area contributed by atoms with Gasteiger partial charge >= 0.3 is 0 Å². The normalized spacial score (nSPS) is 13.1. The molecule has 2 aromatic carbocycles. The van der Waals surface area contributed by atoms with Gasteiger partial charge in [0.2, 0.25) is 5.91 Å². The predicted octanol–water partition coefficient (Wildman–Crippen LogP) is 3.03. The summed E-state index contributed by atoms with van der Waals surface area (Å²) in [6.45, 7) is 2.83. The molecular formula is C21H22N2O3. The zero-order valence-corrected chi connectivity index (χ0v) is 15.1. The van der Waals surface area contributed by atoms with Crippen LogP contribution in [0.2, 0.25) is 0 Å². The minimum atomic E-state index is -0.272. The lowest BCUT2D eigenvalue weighted by molar-refractivity contribution is -0.130. The molecular weight excluding hydrogens is 328 g/mol. The Bertz CT molecular complexity index is 808. The smallest absolute Gasteiger partial charge is 0.261 e. The fourth-order valence-corrected chi connectivity index (χ4v) is 3.08. The number of rotatable bonds is 6. The number of hydrogen-bond acceptors (Lipinski definition) is 3. The van der Waals surface area contributed by atoms with Crippen LogP contribution in [0.5, 0.6) is 0 Å². The van der Waals surface area contributed by atoms with Gasteiger partial charge < -0.3 is 4.90 Å². The first-order valence-electron chi connectivity index (χ1n) is 8.72. The van der Waals surface area contributed by atoms with Crippen molar-refractivity contribution in [2.45, 2.75) is 26.3 Å². The Hall–Kier alpha value is -2.95. The minimum Gasteiger partial charge on any atom is -0.341 e. The van der Waals surface area contributed by atoms with E-state index in [1.54, 1.807) is 36.2 Å². The fraction of sp³-hybridized carbons (Fsp3) is 0.286. The summed E-state index contributed by atoms with van der Waals surface area (Å²) in [6, 6.07) is 14.9. The van der Waals surface area contributed by atoms with Gasteiger partial charge in [0.25, 0.3) is 11.8 Å². The average molecular weight is 350 g/mol. The van der Waals surface area contributed by atoms with Crippen LogP contribution in [-0.4, -0.2) is 41.1 Å². The molecule has 0 radical (unpaired) electrons. The Labute approximate surface area is 153 Å². The number of hydrogen-bond donors (Lipinski definition) is 0. The van der Waals surface area contributed by atoms with E-state index in [1.807, 2.05) is 31.2 Å². The van der Waals surface area contributed by atoms with E-state index in [0.29, 0.717) is 30.5 Å². The van der Waals surface area contributed by atoms with Gasteiger partial charge in [-0.15, -0.1) is 0 Å². The van der Waals surface area contributed by atoms with Gasteiger partial charge in [0, 0.05) is 26.6 Å². The van der Waals surface area contributed by atoms with Crippen molar-refractivity contribution in [3.05, 3.63) is 70.8 Å². The van der Waals surface area contributed by atoms with Crippen molar-refractivity contribution < 1.29 is 14.4 Å². The second kappa shape index (κ2) is 7.52. The molecule has 26 heavy (non-hydrogen) atoms. The van der Waals surface area contributed by atoms with Crippen LogP contribution in [0, 0.1) is 6.92 Å². The van der Waals surface area contributed by atoms with Crippen molar-refractivity contribution in [1.29, 1.82) is 0 Å². The number of amides is 3. The molecule has 5 nitrogen and oxygen atoms in total. The largest absolute Gasteiger partial charge is 0.341 e. The summed E-state index contributed by atoms with van der Waals surface area (Å²) in [7, 11) is 1.77. The highest BCUT2D eigenvalue weighted by Gasteiger charge is 2.34. The third kappa shape index (κ3) is 3.67. The zero-order valence-electron chi connectivity index (χ0n) is 15.1. The van der Waals surface area contributed by atoms with Crippen LogP contribution in [-0.2, 0) is 11.3 Å². The Kier molecular flexibility index (Phi) is 5.16. The number of carbonyl (C=O) groups is 3. The Morgan fingerprint density at radius 2 is 1.54 bits per heavy atom. The van der Waals surface area contributed by atoms with E-state index >= 15 is 0 Å². The summed E-state index contributed by atoms with van der Waals surface area (Å²) in [5.41, 5.74) is 3.15. The molecule has 3 amide bonds. The Morgan fingerprint density at radius 1 is 0.962 bits per heavy atom. The number of carbonyl (C=O) groups excluding carboxylic acids is 3. The molecule has 0 spiro atoms. The van der Waals surface area contributed by atoms with Gasteiger partial charge in [-0.2, -0.15) is 0 Å². The maximum absolute atomic E-state index is 12.3. The molecule has 0 aliphatic carbocycles. The molecule has 0 saturated carbocycles. The van der Waals surface area contributed by atoms with Crippen LogP contribution in [0.3, 0.4) is 0 Å². The number of nitrogens with zero attached hydrogens (tertiary/aromatic N) is 2. The van der Waals surface area contributed by atoms with E-state index in [2.05, 4.69) is 0 Å². The molecule has 0 atom stereocenters. The predicted molar refractivity (Wildman–Crippen MR) is 98.7 cm³/mol. The van der Waals surface area contributed by atoms with Crippen molar-refractivity contribution in [3.63, 3.8) is 0 Å². The van der Waals surface area contributed by atoms with Gasteiger partial charge in [0.05, 0.1) is 11.1 Å². The Morgan fingerprint density at radius 3 is 2.12 bits per heavy atom. The zero-order chi connectivity index (χ0) is 18.7. The quantitative estimate of drug-likeness (QED) is 0.753. The first-order chi connectivity index (χ1) is 12.5. The number of aryl methyl sites for hydroxylation is 1. The monoisotopic (exact) mass is 350 g/mol. The second-order valence-corrected chi connectivity index (χ2v) is 6.65. The summed E-state index contributed by atoms with van der Waals surface area (Å²) in [5.74, 6) is -0.542. The van der Waals surface area contributed by atoms with Gasteiger partial charge in [-0.05, 0) is 31.0 Å². The number of fused-ring (bicyclic) bond motifs is 1. The lowest BCUT2D eigenvalue weighted by atomic mass is 10.1. The van der Waals surface area contributed by atoms with Crippen molar-refractivity contribution in [1.82, 2.24) is 9.80 Å². The molecule has 2 aromatic rings. The molecule has 0 bridgehead atoms. The van der Waals surface area contributed by atoms with Gasteiger partial charge in [0.15, 0.2) is 0 Å². The molecule has 0 N–H and O–H groups in total. The highest BCUT2D eigenvalue weighted by molar-refractivity contribution is 6.21. The Balaban J connectivity index is 1.50. The molecule has 1 heterocycles. The molecule has 0 unspecified atom stereocenters. The third-order valence-electron chi connectivity index (χ3n) is 4.62. The third-order valence-corrected chi connectivity index (χ3v) is 4.62. The molecule has 0 saturated heterocycles. The van der Waals surface area contributed by atoms with Crippen LogP contribution < -0.4 is 0 Å². The SMILES string of the molecule is Cc1ccc(CN(C)C(=O)CCCN2C(=O)c3ccccc3C2=O)cc1. The second-order valence-electron chi connectivity index (χ2n) is 6.65. The van der Waals surface area contributed by atoms with E-state index in [0.717, 1.165) is 5.56 Å². The first kappa shape index (κ1) is 17.9. The maximum Gasteiger partial charge on any atom is 0.261 e. The van der Waals surface area contributed by atoms with E-state index in [1.165, 1.54) is 10.5 Å². The van der Waals surface area contributed by atoms with E-state index in [-0.39, 0.29) is 24.3 Å². The summed E-state index contributed by atoms with van der Waals surface area (Å²) in [5, 5.41) is 0. The van der Waals surface area contributed by atoms with Gasteiger partial charge in [-0.25, -0.2) is 0 Å². The van der Waals surface area contributed by atoms with E-state index in [4.69, 9.17) is 0 Å². The highest BCUT2D eigenvalue weighted by atomic mass is 16.2. The summed E-state index contributed by atoms with van der Waals surface area (Å²) < 4.78 is 0. The van der Waals surface area contributed by atoms with Gasteiger partial charge in [-0.1, -0.05) is 42.0 Å². The van der Waals surface area contributed by atoms with Crippen molar-refractivity contribution >= 4 is 17.7 Å². The fourth-order valence-electron chi connectivity index (χ4n) is 3.08. The van der Waals surface area contributed by atoms with Gasteiger partial charge in [0.1, 0.15) is 0 Å². The van der Waals surface area contributed by atoms with Crippen LogP contribution in [0.4, 0.5) is 0 Å². The van der Waals surface area contributed by atoms with Gasteiger partial charge in [-0.3, -0.25) is 19.3 Å². The molecule has 0 fully saturated rings. The van der Waals surface area contributed by atoms with E-state index < -0.39 is 0 Å². The van der Waals surface area contributed by atoms with Crippen molar-refractivity contribution in [3.8, 4) is 0 Å². The molecule has 134 valence electrons. The molecule has 5 heteroatoms. The molecule has 1 aliphatic heterocycles. The van der Waals surface area contributed by atoms with Crippen LogP contribution in [0.1, 0.15) is 44.7 Å². The number of benzene rings is 2. The van der Waals surface area contributed by atoms with Crippen LogP contribution >= 0.6 is 0 Å². The minimum absolute atomic E-state index is 0.00202. The average Bonchev–Trinajstić information content (AvgIpc) is 2.88. The summed E-state index contributed by atoms with van der Waals surface area (Å²) >= 11 is 0. The molecule has 1 aliphatic rings. The highest BCUT2D eigenvalue weighted by Crippen LogP contribution is 2.22. The topological polar surface area (TPSA) is 57.7 Å². The summed E-state index contributed by atoms with van der Waals surface area (Å²) in [6.07, 6.45) is 0.762. The lowest BCUT2D eigenvalue weighted by Gasteiger charge is -2.18.